The van der Waals surface area contributed by atoms with E-state index in [1.807, 2.05) is 0 Å². The molecule has 114 valence electrons. The molecule has 0 saturated carbocycles. The normalized spacial score (nSPS) is 12.5. The highest BCUT2D eigenvalue weighted by Gasteiger charge is 2.35. The molecular weight excluding hydrogens is 320 g/mol. The van der Waals surface area contributed by atoms with E-state index in [9.17, 15) is 22.4 Å². The maximum Gasteiger partial charge on any atom is 0.419 e. The quantitative estimate of drug-likeness (QED) is 0.869. The van der Waals surface area contributed by atoms with Crippen molar-refractivity contribution in [3.8, 4) is 6.07 Å². The summed E-state index contributed by atoms with van der Waals surface area (Å²) in [6.07, 6.45) is -4.90. The first kappa shape index (κ1) is 16.0. The maximum absolute atomic E-state index is 13.9. The Bertz CT molecular complexity index is 719. The number of hydrogen-bond donors (Lipinski definition) is 1. The molecule has 1 atom stereocenters. The van der Waals surface area contributed by atoms with E-state index in [0.29, 0.717) is 11.6 Å². The molecule has 0 radical (unpaired) electrons. The Morgan fingerprint density at radius 3 is 2.59 bits per heavy atom. The van der Waals surface area contributed by atoms with Gasteiger partial charge in [0.25, 0.3) is 5.91 Å². The highest BCUT2D eigenvalue weighted by molar-refractivity contribution is 7.08. The molecule has 0 aliphatic heterocycles. The van der Waals surface area contributed by atoms with Crippen molar-refractivity contribution in [2.24, 2.45) is 0 Å². The number of nitriles is 1. The lowest BCUT2D eigenvalue weighted by Crippen LogP contribution is -2.28. The number of alkyl halides is 3. The Hall–Kier alpha value is -2.40. The number of thiophene rings is 1. The number of halogens is 4. The van der Waals surface area contributed by atoms with Crippen LogP contribution in [0.25, 0.3) is 0 Å². The molecule has 0 unspecified atom stereocenters. The van der Waals surface area contributed by atoms with Crippen LogP contribution in [-0.2, 0) is 6.18 Å². The predicted octanol–water partition coefficient (Wildman–Crippen LogP) is 3.90. The maximum atomic E-state index is 13.9. The summed E-state index contributed by atoms with van der Waals surface area (Å²) in [6, 6.07) is 4.74. The van der Waals surface area contributed by atoms with Gasteiger partial charge in [-0.05, 0) is 34.5 Å². The summed E-state index contributed by atoms with van der Waals surface area (Å²) in [5.74, 6) is -2.74. The summed E-state index contributed by atoms with van der Waals surface area (Å²) in [5, 5.41) is 14.5. The number of carbonyl (C=O) groups excluding carboxylic acids is 1. The Labute approximate surface area is 126 Å². The van der Waals surface area contributed by atoms with Gasteiger partial charge in [-0.15, -0.1) is 0 Å². The van der Waals surface area contributed by atoms with Crippen molar-refractivity contribution in [2.45, 2.75) is 12.2 Å². The second kappa shape index (κ2) is 6.15. The fraction of sp³-hybridized carbons (Fsp3) is 0.143. The van der Waals surface area contributed by atoms with E-state index < -0.39 is 35.1 Å². The molecule has 2 aromatic rings. The molecule has 0 saturated heterocycles. The average Bonchev–Trinajstić information content (AvgIpc) is 2.97. The molecule has 0 spiro atoms. The van der Waals surface area contributed by atoms with Crippen molar-refractivity contribution in [3.63, 3.8) is 0 Å². The number of carbonyl (C=O) groups is 1. The number of benzene rings is 1. The standard InChI is InChI=1S/C14H8F4N2OS/c15-12-9(2-1-3-10(12)14(16,17)18)13(21)20-11(6-19)8-4-5-22-7-8/h1-5,7,11H,(H,20,21)/t11-/m0/s1. The molecule has 1 aromatic heterocycles. The van der Waals surface area contributed by atoms with Gasteiger partial charge in [-0.3, -0.25) is 4.79 Å². The zero-order chi connectivity index (χ0) is 16.3. The van der Waals surface area contributed by atoms with Gasteiger partial charge in [0.2, 0.25) is 0 Å². The monoisotopic (exact) mass is 328 g/mol. The van der Waals surface area contributed by atoms with Gasteiger partial charge in [0.05, 0.1) is 17.2 Å². The third kappa shape index (κ3) is 3.26. The van der Waals surface area contributed by atoms with Crippen LogP contribution in [-0.4, -0.2) is 5.91 Å². The van der Waals surface area contributed by atoms with Crippen LogP contribution < -0.4 is 5.32 Å². The molecule has 1 amide bonds. The van der Waals surface area contributed by atoms with Crippen LogP contribution in [0.15, 0.2) is 35.0 Å². The Morgan fingerprint density at radius 2 is 2.05 bits per heavy atom. The molecular formula is C14H8F4N2OS. The Kier molecular flexibility index (Phi) is 4.47. The topological polar surface area (TPSA) is 52.9 Å². The highest BCUT2D eigenvalue weighted by atomic mass is 32.1. The number of hydrogen-bond acceptors (Lipinski definition) is 3. The molecule has 0 aliphatic rings. The number of amides is 1. The minimum Gasteiger partial charge on any atom is -0.332 e. The van der Waals surface area contributed by atoms with Crippen LogP contribution >= 0.6 is 11.3 Å². The molecule has 3 nitrogen and oxygen atoms in total. The molecule has 0 fully saturated rings. The van der Waals surface area contributed by atoms with Gasteiger partial charge in [-0.25, -0.2) is 4.39 Å². The number of nitrogens with one attached hydrogen (secondary N) is 1. The van der Waals surface area contributed by atoms with Crippen molar-refractivity contribution in [3.05, 3.63) is 57.5 Å². The lowest BCUT2D eigenvalue weighted by molar-refractivity contribution is -0.140. The van der Waals surface area contributed by atoms with E-state index in [4.69, 9.17) is 5.26 Å². The second-order valence-electron chi connectivity index (χ2n) is 4.26. The first-order chi connectivity index (χ1) is 10.3. The van der Waals surface area contributed by atoms with Gasteiger partial charge in [0.15, 0.2) is 0 Å². The first-order valence-electron chi connectivity index (χ1n) is 5.93. The molecule has 8 heteroatoms. The van der Waals surface area contributed by atoms with Gasteiger partial charge in [0, 0.05) is 0 Å². The van der Waals surface area contributed by atoms with Crippen LogP contribution in [0.2, 0.25) is 0 Å². The number of nitrogens with zero attached hydrogens (tertiary/aromatic N) is 1. The van der Waals surface area contributed by atoms with Gasteiger partial charge < -0.3 is 5.32 Å². The molecule has 0 bridgehead atoms. The number of rotatable bonds is 3. The van der Waals surface area contributed by atoms with Crippen LogP contribution in [0.4, 0.5) is 17.6 Å². The van der Waals surface area contributed by atoms with Gasteiger partial charge in [-0.2, -0.15) is 29.8 Å². The first-order valence-corrected chi connectivity index (χ1v) is 6.87. The van der Waals surface area contributed by atoms with Crippen molar-refractivity contribution < 1.29 is 22.4 Å². The summed E-state index contributed by atoms with van der Waals surface area (Å²) in [4.78, 5) is 11.9. The van der Waals surface area contributed by atoms with E-state index in [-0.39, 0.29) is 0 Å². The fourth-order valence-corrected chi connectivity index (χ4v) is 2.45. The van der Waals surface area contributed by atoms with E-state index in [2.05, 4.69) is 5.32 Å². The zero-order valence-corrected chi connectivity index (χ0v) is 11.6. The van der Waals surface area contributed by atoms with Crippen molar-refractivity contribution in [1.29, 1.82) is 5.26 Å². The average molecular weight is 328 g/mol. The van der Waals surface area contributed by atoms with Crippen LogP contribution in [0.5, 0.6) is 0 Å². The fourth-order valence-electron chi connectivity index (χ4n) is 1.76. The molecule has 1 heterocycles. The van der Waals surface area contributed by atoms with Crippen molar-refractivity contribution >= 4 is 17.2 Å². The van der Waals surface area contributed by atoms with Gasteiger partial charge in [-0.1, -0.05) is 6.07 Å². The molecule has 22 heavy (non-hydrogen) atoms. The Balaban J connectivity index is 2.29. The van der Waals surface area contributed by atoms with Crippen LogP contribution in [0, 0.1) is 17.1 Å². The smallest absolute Gasteiger partial charge is 0.332 e. The van der Waals surface area contributed by atoms with E-state index in [0.717, 1.165) is 12.1 Å². The molecule has 2 rings (SSSR count). The summed E-state index contributed by atoms with van der Waals surface area (Å²) < 4.78 is 51.7. The summed E-state index contributed by atoms with van der Waals surface area (Å²) in [6.45, 7) is 0. The summed E-state index contributed by atoms with van der Waals surface area (Å²) in [7, 11) is 0. The van der Waals surface area contributed by atoms with Gasteiger partial charge >= 0.3 is 6.18 Å². The largest absolute Gasteiger partial charge is 0.419 e. The highest BCUT2D eigenvalue weighted by Crippen LogP contribution is 2.32. The SMILES string of the molecule is N#C[C@H](NC(=O)c1cccc(C(F)(F)F)c1F)c1ccsc1. The van der Waals surface area contributed by atoms with Crippen LogP contribution in [0.3, 0.4) is 0 Å². The Morgan fingerprint density at radius 1 is 1.32 bits per heavy atom. The molecule has 1 aromatic carbocycles. The van der Waals surface area contributed by atoms with Crippen molar-refractivity contribution in [2.75, 3.05) is 0 Å². The second-order valence-corrected chi connectivity index (χ2v) is 5.04. The summed E-state index contributed by atoms with van der Waals surface area (Å²) in [5.41, 5.74) is -1.80. The molecule has 0 aliphatic carbocycles. The lowest BCUT2D eigenvalue weighted by atomic mass is 10.1. The van der Waals surface area contributed by atoms with E-state index >= 15 is 0 Å². The van der Waals surface area contributed by atoms with Gasteiger partial charge in [0.1, 0.15) is 11.9 Å². The molecule has 1 N–H and O–H groups in total. The van der Waals surface area contributed by atoms with E-state index in [1.165, 1.54) is 11.3 Å². The minimum atomic E-state index is -4.90. The van der Waals surface area contributed by atoms with Crippen molar-refractivity contribution in [1.82, 2.24) is 5.32 Å². The predicted molar refractivity (Wildman–Crippen MR) is 71.5 cm³/mol. The minimum absolute atomic E-state index is 0.480. The third-order valence-corrected chi connectivity index (χ3v) is 3.53. The lowest BCUT2D eigenvalue weighted by Gasteiger charge is -2.13. The van der Waals surface area contributed by atoms with Crippen LogP contribution in [0.1, 0.15) is 27.5 Å². The van der Waals surface area contributed by atoms with E-state index in [1.54, 1.807) is 22.9 Å². The summed E-state index contributed by atoms with van der Waals surface area (Å²) >= 11 is 1.29. The zero-order valence-electron chi connectivity index (χ0n) is 10.8. The third-order valence-electron chi connectivity index (χ3n) is 2.83.